The molecule has 0 radical (unpaired) electrons. The minimum Gasteiger partial charge on any atom is -0.439 e. The monoisotopic (exact) mass is 425 g/mol. The molecule has 0 aliphatic carbocycles. The van der Waals surface area contributed by atoms with E-state index in [2.05, 4.69) is 0 Å². The highest BCUT2D eigenvalue weighted by Crippen LogP contribution is 2.48. The van der Waals surface area contributed by atoms with Crippen LogP contribution >= 0.6 is 0 Å². The first kappa shape index (κ1) is 21.3. The fourth-order valence-electron chi connectivity index (χ4n) is 4.49. The van der Waals surface area contributed by atoms with E-state index in [0.717, 1.165) is 11.1 Å². The van der Waals surface area contributed by atoms with E-state index in [0.29, 0.717) is 12.8 Å². The SMILES string of the molecule is CO[C@]1(C)O[C@H](OC(C)=O)CC[C@H]1N1C(=O)O[C@@H](c2ccccc2)[C@H]1c1ccccc1. The number of esters is 1. The molecule has 2 saturated heterocycles. The Labute approximate surface area is 181 Å². The number of carbonyl (C=O) groups is 2. The molecular formula is C24H27NO6. The molecule has 0 saturated carbocycles. The normalized spacial score (nSPS) is 30.7. The van der Waals surface area contributed by atoms with Crippen LogP contribution in [0.3, 0.4) is 0 Å². The summed E-state index contributed by atoms with van der Waals surface area (Å²) >= 11 is 0. The summed E-state index contributed by atoms with van der Waals surface area (Å²) in [4.78, 5) is 26.3. The number of rotatable bonds is 5. The summed E-state index contributed by atoms with van der Waals surface area (Å²) in [6, 6.07) is 18.7. The Bertz CT molecular complexity index is 920. The zero-order valence-corrected chi connectivity index (χ0v) is 17.9. The molecule has 0 spiro atoms. The minimum absolute atomic E-state index is 0.357. The summed E-state index contributed by atoms with van der Waals surface area (Å²) in [7, 11) is 1.52. The van der Waals surface area contributed by atoms with Crippen molar-refractivity contribution in [2.24, 2.45) is 0 Å². The molecule has 31 heavy (non-hydrogen) atoms. The van der Waals surface area contributed by atoms with Crippen LogP contribution in [0.4, 0.5) is 4.79 Å². The van der Waals surface area contributed by atoms with Crippen molar-refractivity contribution >= 4 is 12.1 Å². The van der Waals surface area contributed by atoms with E-state index in [1.54, 1.807) is 11.8 Å². The van der Waals surface area contributed by atoms with E-state index in [1.165, 1.54) is 14.0 Å². The summed E-state index contributed by atoms with van der Waals surface area (Å²) in [6.45, 7) is 3.10. The van der Waals surface area contributed by atoms with Gasteiger partial charge in [0.25, 0.3) is 0 Å². The van der Waals surface area contributed by atoms with Crippen molar-refractivity contribution in [1.82, 2.24) is 4.90 Å². The van der Waals surface area contributed by atoms with Crippen LogP contribution in [0.15, 0.2) is 60.7 Å². The third-order valence-corrected chi connectivity index (χ3v) is 5.98. The molecule has 0 aromatic heterocycles. The lowest BCUT2D eigenvalue weighted by atomic mass is 9.91. The van der Waals surface area contributed by atoms with E-state index >= 15 is 0 Å². The summed E-state index contributed by atoms with van der Waals surface area (Å²) in [5, 5.41) is 0. The number of methoxy groups -OCH3 is 1. The fraction of sp³-hybridized carbons (Fsp3) is 0.417. The number of carbonyl (C=O) groups excluding carboxylic acids is 2. The van der Waals surface area contributed by atoms with Gasteiger partial charge in [-0.25, -0.2) is 4.79 Å². The highest BCUT2D eigenvalue weighted by Gasteiger charge is 2.55. The van der Waals surface area contributed by atoms with E-state index in [9.17, 15) is 9.59 Å². The maximum Gasteiger partial charge on any atom is 0.411 e. The number of cyclic esters (lactones) is 1. The first-order valence-corrected chi connectivity index (χ1v) is 10.4. The van der Waals surface area contributed by atoms with Gasteiger partial charge in [0, 0.05) is 20.5 Å². The molecule has 1 amide bonds. The van der Waals surface area contributed by atoms with Crippen molar-refractivity contribution in [1.29, 1.82) is 0 Å². The fourth-order valence-corrected chi connectivity index (χ4v) is 4.49. The molecular weight excluding hydrogens is 398 g/mol. The van der Waals surface area contributed by atoms with Crippen LogP contribution in [0.5, 0.6) is 0 Å². The molecule has 4 rings (SSSR count). The van der Waals surface area contributed by atoms with Gasteiger partial charge in [0.1, 0.15) is 6.04 Å². The van der Waals surface area contributed by atoms with Crippen molar-refractivity contribution in [3.8, 4) is 0 Å². The van der Waals surface area contributed by atoms with Gasteiger partial charge in [-0.2, -0.15) is 0 Å². The van der Waals surface area contributed by atoms with E-state index in [1.807, 2.05) is 60.7 Å². The molecule has 0 bridgehead atoms. The molecule has 2 aliphatic heterocycles. The number of nitrogens with zero attached hydrogens (tertiary/aromatic N) is 1. The van der Waals surface area contributed by atoms with Crippen LogP contribution in [0, 0.1) is 0 Å². The van der Waals surface area contributed by atoms with Crippen molar-refractivity contribution in [3.63, 3.8) is 0 Å². The van der Waals surface area contributed by atoms with Crippen LogP contribution in [0.2, 0.25) is 0 Å². The second kappa shape index (κ2) is 8.69. The zero-order chi connectivity index (χ0) is 22.0. The van der Waals surface area contributed by atoms with E-state index < -0.39 is 36.3 Å². The number of ether oxygens (including phenoxy) is 4. The van der Waals surface area contributed by atoms with Gasteiger partial charge in [0.05, 0.1) is 6.04 Å². The molecule has 0 unspecified atom stereocenters. The van der Waals surface area contributed by atoms with Crippen molar-refractivity contribution in [2.75, 3.05) is 7.11 Å². The zero-order valence-electron chi connectivity index (χ0n) is 17.9. The standard InChI is InChI=1S/C24H27NO6/c1-16(26)29-20-15-14-19(24(2,28-3)31-20)25-21(17-10-6-4-7-11-17)22(30-23(25)27)18-12-8-5-9-13-18/h4-13,19-22H,14-15H2,1-3H3/t19-,20+,21-,22+,24-/m1/s1. The Kier molecular flexibility index (Phi) is 5.98. The van der Waals surface area contributed by atoms with Gasteiger partial charge in [-0.15, -0.1) is 0 Å². The first-order valence-electron chi connectivity index (χ1n) is 10.4. The molecule has 5 atom stereocenters. The molecule has 2 fully saturated rings. The highest BCUT2D eigenvalue weighted by molar-refractivity contribution is 5.72. The Hall–Kier alpha value is -2.90. The predicted molar refractivity (Wildman–Crippen MR) is 112 cm³/mol. The molecule has 164 valence electrons. The van der Waals surface area contributed by atoms with Gasteiger partial charge in [0.15, 0.2) is 11.9 Å². The van der Waals surface area contributed by atoms with Crippen molar-refractivity contribution in [2.45, 2.75) is 57.0 Å². The van der Waals surface area contributed by atoms with E-state index in [-0.39, 0.29) is 6.04 Å². The summed E-state index contributed by atoms with van der Waals surface area (Å²) < 4.78 is 22.9. The average Bonchev–Trinajstić information content (AvgIpc) is 3.11. The van der Waals surface area contributed by atoms with Gasteiger partial charge in [-0.05, 0) is 24.5 Å². The first-order chi connectivity index (χ1) is 14.9. The van der Waals surface area contributed by atoms with Gasteiger partial charge in [-0.3, -0.25) is 9.69 Å². The average molecular weight is 425 g/mol. The predicted octanol–water partition coefficient (Wildman–Crippen LogP) is 4.35. The smallest absolute Gasteiger partial charge is 0.411 e. The van der Waals surface area contributed by atoms with Crippen molar-refractivity contribution < 1.29 is 28.5 Å². The Morgan fingerprint density at radius 2 is 1.65 bits per heavy atom. The topological polar surface area (TPSA) is 74.3 Å². The molecule has 2 heterocycles. The molecule has 7 nitrogen and oxygen atoms in total. The highest BCUT2D eigenvalue weighted by atomic mass is 16.8. The summed E-state index contributed by atoms with van der Waals surface area (Å²) in [5.74, 6) is -1.59. The largest absolute Gasteiger partial charge is 0.439 e. The second-order valence-corrected chi connectivity index (χ2v) is 7.95. The quantitative estimate of drug-likeness (QED) is 0.663. The van der Waals surface area contributed by atoms with Gasteiger partial charge < -0.3 is 18.9 Å². The lowest BCUT2D eigenvalue weighted by molar-refractivity contribution is -0.327. The maximum absolute atomic E-state index is 13.2. The molecule has 2 aliphatic rings. The Balaban J connectivity index is 1.71. The minimum atomic E-state index is -1.17. The second-order valence-electron chi connectivity index (χ2n) is 7.95. The van der Waals surface area contributed by atoms with Crippen LogP contribution in [-0.2, 0) is 23.7 Å². The molecule has 7 heteroatoms. The number of hydrogen-bond donors (Lipinski definition) is 0. The summed E-state index contributed by atoms with van der Waals surface area (Å²) in [5.41, 5.74) is 1.88. The maximum atomic E-state index is 13.2. The number of hydrogen-bond acceptors (Lipinski definition) is 6. The van der Waals surface area contributed by atoms with Crippen molar-refractivity contribution in [3.05, 3.63) is 71.8 Å². The third-order valence-electron chi connectivity index (χ3n) is 5.98. The van der Waals surface area contributed by atoms with Crippen LogP contribution in [0.25, 0.3) is 0 Å². The van der Waals surface area contributed by atoms with Gasteiger partial charge >= 0.3 is 12.1 Å². The Morgan fingerprint density at radius 3 is 2.23 bits per heavy atom. The van der Waals surface area contributed by atoms with Crippen LogP contribution in [0.1, 0.15) is 50.0 Å². The third kappa shape index (κ3) is 4.16. The van der Waals surface area contributed by atoms with Gasteiger partial charge in [-0.1, -0.05) is 60.7 Å². The van der Waals surface area contributed by atoms with E-state index in [4.69, 9.17) is 18.9 Å². The van der Waals surface area contributed by atoms with Gasteiger partial charge in [0.2, 0.25) is 6.29 Å². The summed E-state index contributed by atoms with van der Waals surface area (Å²) in [6.07, 6.45) is -0.640. The number of benzene rings is 2. The molecule has 0 N–H and O–H groups in total. The lowest BCUT2D eigenvalue weighted by Crippen LogP contribution is -2.59. The Morgan fingerprint density at radius 1 is 1.03 bits per heavy atom. The van der Waals surface area contributed by atoms with Crippen LogP contribution in [-0.4, -0.2) is 42.2 Å². The van der Waals surface area contributed by atoms with Crippen LogP contribution < -0.4 is 0 Å². The molecule has 2 aromatic rings. The number of amides is 1. The lowest BCUT2D eigenvalue weighted by Gasteiger charge is -2.47. The molecule has 2 aromatic carbocycles.